The van der Waals surface area contributed by atoms with Gasteiger partial charge in [0.25, 0.3) is 0 Å². The van der Waals surface area contributed by atoms with Gasteiger partial charge in [-0.2, -0.15) is 0 Å². The van der Waals surface area contributed by atoms with E-state index in [1.807, 2.05) is 5.38 Å². The maximum Gasteiger partial charge on any atom is 0.153 e. The number of nitrogens with zero attached hydrogens (tertiary/aromatic N) is 2. The Balaban J connectivity index is 1.98. The van der Waals surface area contributed by atoms with Gasteiger partial charge in [-0.05, 0) is 19.4 Å². The molecule has 7 heteroatoms. The zero-order valence-electron chi connectivity index (χ0n) is 10.4. The molecule has 0 aliphatic carbocycles. The number of thiazole rings is 1. The van der Waals surface area contributed by atoms with E-state index in [9.17, 15) is 13.5 Å². The van der Waals surface area contributed by atoms with Crippen molar-refractivity contribution in [1.82, 2.24) is 9.88 Å². The van der Waals surface area contributed by atoms with Crippen molar-refractivity contribution in [2.75, 3.05) is 19.4 Å². The smallest absolute Gasteiger partial charge is 0.153 e. The van der Waals surface area contributed by atoms with Crippen LogP contribution in [0.4, 0.5) is 0 Å². The van der Waals surface area contributed by atoms with Crippen molar-refractivity contribution < 1.29 is 13.5 Å². The van der Waals surface area contributed by atoms with E-state index < -0.39 is 9.84 Å². The predicted molar refractivity (Wildman–Crippen MR) is 71.2 cm³/mol. The number of hydrogen-bond donors (Lipinski definition) is 1. The summed E-state index contributed by atoms with van der Waals surface area (Å²) >= 11 is 1.39. The minimum absolute atomic E-state index is 0.0150. The van der Waals surface area contributed by atoms with Crippen LogP contribution in [0.5, 0.6) is 0 Å². The fraction of sp³-hybridized carbons (Fsp3) is 0.727. The van der Waals surface area contributed by atoms with Crippen LogP contribution in [0, 0.1) is 0 Å². The number of hydrogen-bond acceptors (Lipinski definition) is 6. The van der Waals surface area contributed by atoms with Crippen LogP contribution in [-0.4, -0.2) is 48.9 Å². The highest BCUT2D eigenvalue weighted by Gasteiger charge is 2.24. The number of aliphatic hydroxyl groups excluding tert-OH is 1. The molecule has 1 fully saturated rings. The normalized spacial score (nSPS) is 21.6. The molecule has 0 unspecified atom stereocenters. The Bertz CT molecular complexity index is 498. The van der Waals surface area contributed by atoms with Crippen molar-refractivity contribution in [3.63, 3.8) is 0 Å². The molecule has 1 aromatic rings. The van der Waals surface area contributed by atoms with E-state index >= 15 is 0 Å². The van der Waals surface area contributed by atoms with Crippen molar-refractivity contribution in [2.45, 2.75) is 31.2 Å². The molecule has 1 N–H and O–H groups in total. The van der Waals surface area contributed by atoms with Crippen molar-refractivity contribution >= 4 is 21.2 Å². The lowest BCUT2D eigenvalue weighted by Crippen LogP contribution is -2.31. The molecule has 5 nitrogen and oxygen atoms in total. The average Bonchev–Trinajstić information content (AvgIpc) is 2.86. The summed E-state index contributed by atoms with van der Waals surface area (Å²) in [6.07, 6.45) is 3.35. The first-order valence-electron chi connectivity index (χ1n) is 5.94. The Morgan fingerprint density at radius 2 is 2.39 bits per heavy atom. The summed E-state index contributed by atoms with van der Waals surface area (Å²) in [5, 5.41) is 11.8. The summed E-state index contributed by atoms with van der Waals surface area (Å²) in [7, 11) is -3.01. The van der Waals surface area contributed by atoms with Crippen molar-refractivity contribution in [2.24, 2.45) is 0 Å². The molecule has 0 amide bonds. The zero-order chi connectivity index (χ0) is 13.2. The topological polar surface area (TPSA) is 70.5 Å². The summed E-state index contributed by atoms with van der Waals surface area (Å²) in [4.78, 5) is 6.55. The van der Waals surface area contributed by atoms with Gasteiger partial charge in [0.05, 0.1) is 12.3 Å². The molecular weight excluding hydrogens is 272 g/mol. The number of aromatic nitrogens is 1. The quantitative estimate of drug-likeness (QED) is 0.862. The van der Waals surface area contributed by atoms with E-state index in [2.05, 4.69) is 9.88 Å². The Morgan fingerprint density at radius 1 is 1.61 bits per heavy atom. The number of aliphatic hydroxyl groups is 1. The van der Waals surface area contributed by atoms with Gasteiger partial charge < -0.3 is 5.11 Å². The van der Waals surface area contributed by atoms with Gasteiger partial charge in [0, 0.05) is 24.2 Å². The van der Waals surface area contributed by atoms with E-state index in [0.717, 1.165) is 25.1 Å². The van der Waals surface area contributed by atoms with Crippen LogP contribution in [0.1, 0.15) is 23.5 Å². The molecular formula is C11H18N2O3S2. The van der Waals surface area contributed by atoms with Gasteiger partial charge >= 0.3 is 0 Å². The lowest BCUT2D eigenvalue weighted by molar-refractivity contribution is 0.152. The summed E-state index contributed by atoms with van der Waals surface area (Å²) < 4.78 is 22.4. The van der Waals surface area contributed by atoms with Crippen LogP contribution >= 0.6 is 11.3 Å². The van der Waals surface area contributed by atoms with Gasteiger partial charge in [-0.15, -0.1) is 11.3 Å². The summed E-state index contributed by atoms with van der Waals surface area (Å²) in [5.41, 5.74) is 0.902. The second kappa shape index (κ2) is 5.64. The molecule has 18 heavy (non-hydrogen) atoms. The first-order valence-corrected chi connectivity index (χ1v) is 8.88. The van der Waals surface area contributed by atoms with Crippen LogP contribution in [0.15, 0.2) is 5.38 Å². The zero-order valence-corrected chi connectivity index (χ0v) is 12.0. The minimum atomic E-state index is -3.01. The molecule has 1 saturated heterocycles. The molecule has 1 atom stereocenters. The van der Waals surface area contributed by atoms with E-state index in [4.69, 9.17) is 0 Å². The average molecular weight is 290 g/mol. The first kappa shape index (κ1) is 13.9. The van der Waals surface area contributed by atoms with Gasteiger partial charge in [-0.3, -0.25) is 4.90 Å². The Hall–Kier alpha value is -0.500. The monoisotopic (exact) mass is 290 g/mol. The summed E-state index contributed by atoms with van der Waals surface area (Å²) in [5.74, 6) is 0.0150. The number of rotatable bonds is 5. The lowest BCUT2D eigenvalue weighted by atomic mass is 10.2. The van der Waals surface area contributed by atoms with Crippen molar-refractivity contribution in [1.29, 1.82) is 0 Å². The molecule has 0 aromatic carbocycles. The molecule has 2 heterocycles. The maximum atomic E-state index is 11.2. The molecule has 0 saturated carbocycles. The Morgan fingerprint density at radius 3 is 3.06 bits per heavy atom. The Kier molecular flexibility index (Phi) is 4.37. The van der Waals surface area contributed by atoms with Crippen LogP contribution < -0.4 is 0 Å². The number of sulfone groups is 1. The van der Waals surface area contributed by atoms with Gasteiger partial charge in [-0.1, -0.05) is 0 Å². The van der Waals surface area contributed by atoms with Gasteiger partial charge in [-0.25, -0.2) is 13.4 Å². The van der Waals surface area contributed by atoms with E-state index in [-0.39, 0.29) is 18.4 Å². The molecule has 102 valence electrons. The SMILES string of the molecule is CS(=O)(=O)Cc1nc(CN2CCC[C@@H]2CO)cs1. The lowest BCUT2D eigenvalue weighted by Gasteiger charge is -2.21. The summed E-state index contributed by atoms with van der Waals surface area (Å²) in [6.45, 7) is 1.86. The third kappa shape index (κ3) is 3.74. The maximum absolute atomic E-state index is 11.2. The van der Waals surface area contributed by atoms with Crippen LogP contribution in [0.2, 0.25) is 0 Å². The minimum Gasteiger partial charge on any atom is -0.395 e. The molecule has 1 aromatic heterocycles. The highest BCUT2D eigenvalue weighted by atomic mass is 32.2. The molecule has 0 spiro atoms. The van der Waals surface area contributed by atoms with Crippen molar-refractivity contribution in [3.8, 4) is 0 Å². The molecule has 0 bridgehead atoms. The molecule has 2 rings (SSSR count). The second-order valence-corrected chi connectivity index (χ2v) is 7.83. The second-order valence-electron chi connectivity index (χ2n) is 4.75. The third-order valence-corrected chi connectivity index (χ3v) is 4.94. The first-order chi connectivity index (χ1) is 8.48. The molecule has 1 aliphatic rings. The number of likely N-dealkylation sites (tertiary alicyclic amines) is 1. The van der Waals surface area contributed by atoms with E-state index in [1.165, 1.54) is 17.6 Å². The summed E-state index contributed by atoms with van der Waals surface area (Å²) in [6, 6.07) is 0.227. The van der Waals surface area contributed by atoms with Crippen LogP contribution in [0.25, 0.3) is 0 Å². The molecule has 0 radical (unpaired) electrons. The van der Waals surface area contributed by atoms with Crippen molar-refractivity contribution in [3.05, 3.63) is 16.1 Å². The van der Waals surface area contributed by atoms with Crippen LogP contribution in [-0.2, 0) is 22.1 Å². The van der Waals surface area contributed by atoms with E-state index in [0.29, 0.717) is 11.6 Å². The largest absolute Gasteiger partial charge is 0.395 e. The highest BCUT2D eigenvalue weighted by molar-refractivity contribution is 7.90. The fourth-order valence-corrected chi connectivity index (χ4v) is 4.23. The van der Waals surface area contributed by atoms with E-state index in [1.54, 1.807) is 0 Å². The highest BCUT2D eigenvalue weighted by Crippen LogP contribution is 2.21. The third-order valence-electron chi connectivity index (χ3n) is 3.06. The molecule has 1 aliphatic heterocycles. The standard InChI is InChI=1S/C11H18N2O3S2/c1-18(15,16)8-11-12-9(7-17-11)5-13-4-2-3-10(13)6-14/h7,10,14H,2-6,8H2,1H3/t10-/m1/s1. The van der Waals surface area contributed by atoms with Gasteiger partial charge in [0.2, 0.25) is 0 Å². The van der Waals surface area contributed by atoms with Gasteiger partial charge in [0.15, 0.2) is 9.84 Å². The Labute approximate surface area is 111 Å². The fourth-order valence-electron chi connectivity index (χ4n) is 2.23. The van der Waals surface area contributed by atoms with Gasteiger partial charge in [0.1, 0.15) is 10.8 Å². The van der Waals surface area contributed by atoms with Crippen LogP contribution in [0.3, 0.4) is 0 Å². The predicted octanol–water partition coefficient (Wildman–Crippen LogP) is 0.644.